The van der Waals surface area contributed by atoms with Gasteiger partial charge < -0.3 is 11.5 Å². The number of hydrogen-bond acceptors (Lipinski definition) is 4. The predicted molar refractivity (Wildman–Crippen MR) is 46.8 cm³/mol. The largest absolute Gasteiger partial charge is 0.383 e. The zero-order chi connectivity index (χ0) is 11.6. The fourth-order valence-corrected chi connectivity index (χ4v) is 1.08. The first kappa shape index (κ1) is 10.8. The van der Waals surface area contributed by atoms with Crippen molar-refractivity contribution in [2.24, 2.45) is 5.73 Å². The van der Waals surface area contributed by atoms with E-state index >= 15 is 0 Å². The fraction of sp³-hybridized carbons (Fsp3) is 0.125. The Hall–Kier alpha value is -2.23. The van der Waals surface area contributed by atoms with Gasteiger partial charge in [0, 0.05) is 6.20 Å². The van der Waals surface area contributed by atoms with Crippen LogP contribution in [0.1, 0.15) is 27.9 Å². The number of amides is 1. The van der Waals surface area contributed by atoms with Gasteiger partial charge in [-0.25, -0.2) is 13.8 Å². The third-order valence-electron chi connectivity index (χ3n) is 1.73. The van der Waals surface area contributed by atoms with Gasteiger partial charge >= 0.3 is 0 Å². The second-order valence-corrected chi connectivity index (χ2v) is 2.63. The number of hydrogen-bond donors (Lipinski definition) is 2. The number of aromatic nitrogens is 1. The van der Waals surface area contributed by atoms with E-state index in [9.17, 15) is 13.6 Å². The number of rotatable bonds is 2. The highest BCUT2D eigenvalue weighted by molar-refractivity contribution is 5.98. The molecule has 7 heteroatoms. The smallest absolute Gasteiger partial charge is 0.266 e. The van der Waals surface area contributed by atoms with Crippen LogP contribution in [0.15, 0.2) is 6.20 Å². The quantitative estimate of drug-likeness (QED) is 0.747. The number of nitriles is 1. The first-order valence-corrected chi connectivity index (χ1v) is 3.75. The standard InChI is InChI=1S/C8H6F2N4O/c9-6(10)4-2-14-7(12)3(1-11)5(4)8(13)15/h2,6H,(H2,12,14)(H2,13,15). The minimum absolute atomic E-state index is 0.296. The van der Waals surface area contributed by atoms with E-state index in [0.717, 1.165) is 6.20 Å². The highest BCUT2D eigenvalue weighted by Gasteiger charge is 2.22. The van der Waals surface area contributed by atoms with Gasteiger partial charge in [0.05, 0.1) is 11.1 Å². The van der Waals surface area contributed by atoms with Gasteiger partial charge in [-0.1, -0.05) is 0 Å². The molecule has 0 fully saturated rings. The van der Waals surface area contributed by atoms with Crippen LogP contribution in [0.2, 0.25) is 0 Å². The van der Waals surface area contributed by atoms with Crippen molar-refractivity contribution < 1.29 is 13.6 Å². The molecule has 0 aliphatic rings. The molecule has 0 saturated heterocycles. The molecule has 0 aromatic carbocycles. The van der Waals surface area contributed by atoms with Crippen LogP contribution in [0.4, 0.5) is 14.6 Å². The van der Waals surface area contributed by atoms with E-state index < -0.39 is 29.0 Å². The van der Waals surface area contributed by atoms with E-state index in [1.807, 2.05) is 0 Å². The first-order valence-electron chi connectivity index (χ1n) is 3.75. The van der Waals surface area contributed by atoms with Crippen LogP contribution in [-0.4, -0.2) is 10.9 Å². The summed E-state index contributed by atoms with van der Waals surface area (Å²) in [5.74, 6) is -1.42. The average Bonchev–Trinajstić information content (AvgIpc) is 2.16. The maximum atomic E-state index is 12.4. The zero-order valence-corrected chi connectivity index (χ0v) is 7.37. The Kier molecular flexibility index (Phi) is 2.80. The molecule has 0 bridgehead atoms. The molecule has 15 heavy (non-hydrogen) atoms. The summed E-state index contributed by atoms with van der Waals surface area (Å²) in [6.45, 7) is 0. The Morgan fingerprint density at radius 1 is 1.60 bits per heavy atom. The van der Waals surface area contributed by atoms with Gasteiger partial charge in [0.1, 0.15) is 17.5 Å². The van der Waals surface area contributed by atoms with E-state index in [0.29, 0.717) is 0 Å². The van der Waals surface area contributed by atoms with Crippen LogP contribution in [0.3, 0.4) is 0 Å². The van der Waals surface area contributed by atoms with Gasteiger partial charge in [-0.15, -0.1) is 0 Å². The van der Waals surface area contributed by atoms with E-state index in [2.05, 4.69) is 4.98 Å². The van der Waals surface area contributed by atoms with Crippen molar-refractivity contribution in [1.82, 2.24) is 4.98 Å². The highest BCUT2D eigenvalue weighted by Crippen LogP contribution is 2.26. The molecule has 5 nitrogen and oxygen atoms in total. The molecule has 0 saturated carbocycles. The number of primary amides is 1. The van der Waals surface area contributed by atoms with Crippen molar-refractivity contribution in [2.45, 2.75) is 6.43 Å². The molecule has 1 rings (SSSR count). The lowest BCUT2D eigenvalue weighted by Gasteiger charge is -2.08. The summed E-state index contributed by atoms with van der Waals surface area (Å²) in [5.41, 5.74) is 8.47. The summed E-state index contributed by atoms with van der Waals surface area (Å²) in [4.78, 5) is 14.3. The van der Waals surface area contributed by atoms with Crippen LogP contribution in [0.25, 0.3) is 0 Å². The van der Waals surface area contributed by atoms with Crippen molar-refractivity contribution >= 4 is 11.7 Å². The van der Waals surface area contributed by atoms with E-state index in [4.69, 9.17) is 16.7 Å². The monoisotopic (exact) mass is 212 g/mol. The van der Waals surface area contributed by atoms with Crippen LogP contribution in [-0.2, 0) is 0 Å². The molecular weight excluding hydrogens is 206 g/mol. The summed E-state index contributed by atoms with van der Waals surface area (Å²) in [5, 5.41) is 8.63. The van der Waals surface area contributed by atoms with Gasteiger partial charge in [-0.05, 0) is 0 Å². The summed E-state index contributed by atoms with van der Waals surface area (Å²) in [7, 11) is 0. The van der Waals surface area contributed by atoms with E-state index in [1.54, 1.807) is 0 Å². The molecule has 1 amide bonds. The van der Waals surface area contributed by atoms with Crippen molar-refractivity contribution in [3.05, 3.63) is 22.9 Å². The van der Waals surface area contributed by atoms with Crippen LogP contribution < -0.4 is 11.5 Å². The number of nitrogens with two attached hydrogens (primary N) is 2. The number of carbonyl (C=O) groups excluding carboxylic acids is 1. The summed E-state index contributed by atoms with van der Waals surface area (Å²) >= 11 is 0. The maximum Gasteiger partial charge on any atom is 0.266 e. The Morgan fingerprint density at radius 2 is 2.20 bits per heavy atom. The lowest BCUT2D eigenvalue weighted by atomic mass is 10.0. The lowest BCUT2D eigenvalue weighted by Crippen LogP contribution is -2.18. The molecule has 0 atom stereocenters. The lowest BCUT2D eigenvalue weighted by molar-refractivity contribution is 0.0985. The van der Waals surface area contributed by atoms with E-state index in [1.165, 1.54) is 6.07 Å². The molecule has 0 unspecified atom stereocenters. The fourth-order valence-electron chi connectivity index (χ4n) is 1.08. The molecule has 0 radical (unpaired) electrons. The number of nitrogens with zero attached hydrogens (tertiary/aromatic N) is 2. The predicted octanol–water partition coefficient (Wildman–Crippen LogP) is 0.572. The van der Waals surface area contributed by atoms with Gasteiger partial charge in [0.15, 0.2) is 0 Å². The summed E-state index contributed by atoms with van der Waals surface area (Å²) in [6, 6.07) is 1.52. The Labute approximate surface area is 83.3 Å². The first-order chi connectivity index (χ1) is 6.99. The van der Waals surface area contributed by atoms with Crippen molar-refractivity contribution in [2.75, 3.05) is 5.73 Å². The van der Waals surface area contributed by atoms with Crippen LogP contribution in [0.5, 0.6) is 0 Å². The SMILES string of the molecule is N#Cc1c(N)ncc(C(F)F)c1C(N)=O. The number of carbonyl (C=O) groups is 1. The Bertz CT molecular complexity index is 453. The number of pyridine rings is 1. The molecule has 1 heterocycles. The molecule has 0 aliphatic heterocycles. The van der Waals surface area contributed by atoms with Crippen molar-refractivity contribution in [3.63, 3.8) is 0 Å². The van der Waals surface area contributed by atoms with Gasteiger partial charge in [0.2, 0.25) is 0 Å². The van der Waals surface area contributed by atoms with Crippen LogP contribution in [0, 0.1) is 11.3 Å². The molecule has 0 aliphatic carbocycles. The normalized spacial score (nSPS) is 10.0. The molecule has 4 N–H and O–H groups in total. The highest BCUT2D eigenvalue weighted by atomic mass is 19.3. The number of halogens is 2. The number of alkyl halides is 2. The molecule has 1 aromatic heterocycles. The minimum atomic E-state index is -2.94. The second kappa shape index (κ2) is 3.88. The maximum absolute atomic E-state index is 12.4. The molecular formula is C8H6F2N4O. The van der Waals surface area contributed by atoms with Crippen LogP contribution >= 0.6 is 0 Å². The second-order valence-electron chi connectivity index (χ2n) is 2.63. The molecule has 78 valence electrons. The van der Waals surface area contributed by atoms with Crippen molar-refractivity contribution in [3.8, 4) is 6.07 Å². The third-order valence-corrected chi connectivity index (χ3v) is 1.73. The topological polar surface area (TPSA) is 106 Å². The van der Waals surface area contributed by atoms with Gasteiger partial charge in [-0.3, -0.25) is 4.79 Å². The zero-order valence-electron chi connectivity index (χ0n) is 7.37. The summed E-state index contributed by atoms with van der Waals surface area (Å²) < 4.78 is 24.9. The Morgan fingerprint density at radius 3 is 2.60 bits per heavy atom. The van der Waals surface area contributed by atoms with E-state index in [-0.39, 0.29) is 5.82 Å². The van der Waals surface area contributed by atoms with Crippen molar-refractivity contribution in [1.29, 1.82) is 5.26 Å². The Balaban J connectivity index is 3.58. The average molecular weight is 212 g/mol. The summed E-state index contributed by atoms with van der Waals surface area (Å²) in [6.07, 6.45) is -2.20. The minimum Gasteiger partial charge on any atom is -0.383 e. The van der Waals surface area contributed by atoms with Gasteiger partial charge in [-0.2, -0.15) is 5.26 Å². The molecule has 0 spiro atoms. The number of nitrogen functional groups attached to an aromatic ring is 1. The number of anilines is 1. The third kappa shape index (κ3) is 1.83. The van der Waals surface area contributed by atoms with Gasteiger partial charge in [0.25, 0.3) is 12.3 Å². The molecule has 1 aromatic rings.